The summed E-state index contributed by atoms with van der Waals surface area (Å²) in [5, 5.41) is 26.0. The molecule has 13 nitrogen and oxygen atoms in total. The molecule has 2 unspecified atom stereocenters. The lowest BCUT2D eigenvalue weighted by Gasteiger charge is -2.53. The molecule has 2 fully saturated rings. The quantitative estimate of drug-likeness (QED) is 0.123. The molecular weight excluding hydrogens is 518 g/mol. The van der Waals surface area contributed by atoms with Gasteiger partial charge in [-0.1, -0.05) is 34.3 Å². The van der Waals surface area contributed by atoms with E-state index in [0.29, 0.717) is 10.7 Å². The highest BCUT2D eigenvalue weighted by molar-refractivity contribution is 8.01. The van der Waals surface area contributed by atoms with Crippen molar-refractivity contribution in [3.8, 4) is 0 Å². The van der Waals surface area contributed by atoms with Crippen LogP contribution in [-0.4, -0.2) is 91.7 Å². The molecule has 4 rings (SSSR count). The minimum Gasteiger partial charge on any atom is -0.481 e. The minimum absolute atomic E-state index is 0.0248. The molecule has 0 spiro atoms. The van der Waals surface area contributed by atoms with Crippen LogP contribution in [0.1, 0.15) is 5.69 Å². The molecule has 2 aromatic rings. The second-order valence-corrected chi connectivity index (χ2v) is 10.7. The van der Waals surface area contributed by atoms with Gasteiger partial charge in [-0.3, -0.25) is 19.2 Å². The van der Waals surface area contributed by atoms with E-state index in [0.717, 1.165) is 0 Å². The largest absolute Gasteiger partial charge is 0.481 e. The van der Waals surface area contributed by atoms with Gasteiger partial charge in [0.25, 0.3) is 5.91 Å². The number of thioether (sulfide) groups is 2. The van der Waals surface area contributed by atoms with Gasteiger partial charge in [0, 0.05) is 18.1 Å². The van der Waals surface area contributed by atoms with E-state index >= 15 is 0 Å². The summed E-state index contributed by atoms with van der Waals surface area (Å²) < 4.78 is 0.656. The predicted molar refractivity (Wildman–Crippen MR) is 128 cm³/mol. The lowest BCUT2D eigenvalue weighted by Crippen LogP contribution is -2.74. The summed E-state index contributed by atoms with van der Waals surface area (Å²) in [6, 6.07) is 3.76. The maximum atomic E-state index is 13.0. The second-order valence-electron chi connectivity index (χ2n) is 7.49. The Morgan fingerprint density at radius 2 is 2.29 bits per heavy atom. The number of aliphatic carboxylic acids is 1. The number of nitrogens with zero attached hydrogens (tertiary/aromatic N) is 5. The number of nitrogens with one attached hydrogen (secondary N) is 2. The summed E-state index contributed by atoms with van der Waals surface area (Å²) in [7, 11) is 1.26. The summed E-state index contributed by atoms with van der Waals surface area (Å²) in [6.45, 7) is 0.0248. The third-order valence-electron chi connectivity index (χ3n) is 5.29. The third-order valence-corrected chi connectivity index (χ3v) is 9.03. The average molecular weight is 538 g/mol. The molecule has 4 heterocycles. The Labute approximate surface area is 211 Å². The van der Waals surface area contributed by atoms with Crippen LogP contribution < -0.4 is 10.6 Å². The number of oxime groups is 1. The van der Waals surface area contributed by atoms with Gasteiger partial charge in [0.05, 0.1) is 0 Å². The number of carboxylic acid groups (broad SMARTS) is 1. The molecule has 0 radical (unpaired) electrons. The number of pyridine rings is 1. The first-order chi connectivity index (χ1) is 16.9. The van der Waals surface area contributed by atoms with Crippen molar-refractivity contribution >= 4 is 70.6 Å². The zero-order valence-electron chi connectivity index (χ0n) is 18.1. The molecule has 3 atom stereocenters. The number of anilines is 1. The van der Waals surface area contributed by atoms with Gasteiger partial charge in [0.15, 0.2) is 10.1 Å². The van der Waals surface area contributed by atoms with E-state index in [4.69, 9.17) is 4.84 Å². The van der Waals surface area contributed by atoms with Gasteiger partial charge in [0.1, 0.15) is 41.0 Å². The Hall–Kier alpha value is -3.24. The van der Waals surface area contributed by atoms with Crippen molar-refractivity contribution in [3.63, 3.8) is 0 Å². The Morgan fingerprint density at radius 1 is 1.46 bits per heavy atom. The van der Waals surface area contributed by atoms with Crippen molar-refractivity contribution < 1.29 is 29.1 Å². The fraction of sp³-hybridized carbons (Fsp3) is 0.368. The third kappa shape index (κ3) is 5.08. The zero-order chi connectivity index (χ0) is 25.0. The van der Waals surface area contributed by atoms with Crippen molar-refractivity contribution in [2.45, 2.75) is 15.8 Å². The van der Waals surface area contributed by atoms with Crippen LogP contribution in [0.2, 0.25) is 0 Å². The lowest BCUT2D eigenvalue weighted by molar-refractivity contribution is -0.157. The smallest absolute Gasteiger partial charge is 0.313 e. The summed E-state index contributed by atoms with van der Waals surface area (Å²) in [6.07, 6.45) is 0.449. The van der Waals surface area contributed by atoms with Crippen LogP contribution in [0.3, 0.4) is 0 Å². The minimum atomic E-state index is -1.15. The van der Waals surface area contributed by atoms with Crippen molar-refractivity contribution in [2.75, 3.05) is 30.5 Å². The van der Waals surface area contributed by atoms with Crippen molar-refractivity contribution in [1.29, 1.82) is 0 Å². The monoisotopic (exact) mass is 537 g/mol. The number of amides is 3. The molecular formula is C19H19N7O6S3. The molecule has 0 saturated carbocycles. The molecule has 2 aliphatic heterocycles. The second kappa shape index (κ2) is 10.6. The van der Waals surface area contributed by atoms with E-state index in [1.54, 1.807) is 11.6 Å². The predicted octanol–water partition coefficient (Wildman–Crippen LogP) is 0.115. The molecule has 184 valence electrons. The SMILES string of the molecule is CON=C(C(=O)NC1C(=O)N2CC(CSc3nncs3)(C(=O)O)CS[C@H]12)c1cccc(NC=O)n1. The van der Waals surface area contributed by atoms with Crippen LogP contribution in [0.15, 0.2) is 33.2 Å². The molecule has 0 aromatic carbocycles. The molecule has 2 saturated heterocycles. The maximum Gasteiger partial charge on any atom is 0.313 e. The van der Waals surface area contributed by atoms with Crippen LogP contribution >= 0.6 is 34.9 Å². The number of carbonyl (C=O) groups excluding carboxylic acids is 3. The number of β-lactam (4-membered cyclic amide) rings is 1. The number of carboxylic acids is 1. The number of rotatable bonds is 10. The Balaban J connectivity index is 1.44. The molecule has 0 bridgehead atoms. The molecule has 3 amide bonds. The highest BCUT2D eigenvalue weighted by Gasteiger charge is 2.57. The highest BCUT2D eigenvalue weighted by Crippen LogP contribution is 2.44. The van der Waals surface area contributed by atoms with E-state index in [1.807, 2.05) is 0 Å². The van der Waals surface area contributed by atoms with Crippen molar-refractivity contribution in [1.82, 2.24) is 25.4 Å². The first-order valence-electron chi connectivity index (χ1n) is 10.0. The van der Waals surface area contributed by atoms with Gasteiger partial charge in [-0.05, 0) is 12.1 Å². The summed E-state index contributed by atoms with van der Waals surface area (Å²) >= 11 is 3.91. The van der Waals surface area contributed by atoms with Crippen molar-refractivity contribution in [3.05, 3.63) is 29.4 Å². The summed E-state index contributed by atoms with van der Waals surface area (Å²) in [4.78, 5) is 59.0. The zero-order valence-corrected chi connectivity index (χ0v) is 20.6. The van der Waals surface area contributed by atoms with E-state index in [-0.39, 0.29) is 41.2 Å². The Kier molecular flexibility index (Phi) is 7.51. The maximum absolute atomic E-state index is 13.0. The van der Waals surface area contributed by atoms with E-state index in [2.05, 4.69) is 31.0 Å². The fourth-order valence-corrected chi connectivity index (χ4v) is 6.89. The Bertz CT molecular complexity index is 1160. The van der Waals surface area contributed by atoms with Crippen LogP contribution in [0.4, 0.5) is 5.82 Å². The van der Waals surface area contributed by atoms with Gasteiger partial charge >= 0.3 is 5.97 Å². The highest BCUT2D eigenvalue weighted by atomic mass is 32.2. The number of fused-ring (bicyclic) bond motifs is 1. The normalized spacial score (nSPS) is 23.6. The van der Waals surface area contributed by atoms with Gasteiger partial charge in [-0.25, -0.2) is 4.98 Å². The molecule has 35 heavy (non-hydrogen) atoms. The fourth-order valence-electron chi connectivity index (χ4n) is 3.54. The van der Waals surface area contributed by atoms with E-state index < -0.39 is 28.7 Å². The van der Waals surface area contributed by atoms with Gasteiger partial charge in [0.2, 0.25) is 12.3 Å². The van der Waals surface area contributed by atoms with E-state index in [1.165, 1.54) is 59.0 Å². The average Bonchev–Trinajstić information content (AvgIpc) is 3.38. The van der Waals surface area contributed by atoms with Gasteiger partial charge in [-0.15, -0.1) is 22.0 Å². The topological polar surface area (TPSA) is 176 Å². The summed E-state index contributed by atoms with van der Waals surface area (Å²) in [5.74, 6) is -1.37. The first kappa shape index (κ1) is 24.9. The Morgan fingerprint density at radius 3 is 2.97 bits per heavy atom. The van der Waals surface area contributed by atoms with E-state index in [9.17, 15) is 24.3 Å². The lowest BCUT2D eigenvalue weighted by atomic mass is 9.89. The van der Waals surface area contributed by atoms with Gasteiger partial charge < -0.3 is 25.5 Å². The van der Waals surface area contributed by atoms with Crippen LogP contribution in [-0.2, 0) is 24.0 Å². The van der Waals surface area contributed by atoms with Gasteiger partial charge in [-0.2, -0.15) is 0 Å². The van der Waals surface area contributed by atoms with Crippen LogP contribution in [0.5, 0.6) is 0 Å². The molecule has 2 aliphatic rings. The van der Waals surface area contributed by atoms with Crippen LogP contribution in [0, 0.1) is 5.41 Å². The molecule has 16 heteroatoms. The number of hydrogen-bond donors (Lipinski definition) is 3. The number of hydrogen-bond acceptors (Lipinski definition) is 12. The first-order valence-corrected chi connectivity index (χ1v) is 12.9. The molecule has 2 aromatic heterocycles. The number of aromatic nitrogens is 3. The standard InChI is InChI=1S/C19H19N7O6S3/c1-32-25-12(10-3-2-4-11(22-10)20-8-27)14(28)23-13-15(29)26-5-19(17(30)31,6-33-16(13)26)7-34-18-24-21-9-35-18/h2-4,8-9,13,16H,5-7H2,1H3,(H,23,28)(H,30,31)(H,20,22,27)/t13?,16-,19?/m1/s1. The van der Waals surface area contributed by atoms with Crippen LogP contribution in [0.25, 0.3) is 0 Å². The molecule has 3 N–H and O–H groups in total. The molecule has 0 aliphatic carbocycles. The van der Waals surface area contributed by atoms with Crippen molar-refractivity contribution in [2.24, 2.45) is 10.6 Å². The number of carbonyl (C=O) groups is 4. The summed E-state index contributed by atoms with van der Waals surface area (Å²) in [5.41, 5.74) is 0.373.